The van der Waals surface area contributed by atoms with Crippen LogP contribution in [0.1, 0.15) is 77.7 Å². The lowest BCUT2D eigenvalue weighted by atomic mass is 9.47. The van der Waals surface area contributed by atoms with Crippen molar-refractivity contribution in [3.63, 3.8) is 0 Å². The zero-order chi connectivity index (χ0) is 20.2. The minimum absolute atomic E-state index is 0.119. The van der Waals surface area contributed by atoms with Crippen molar-refractivity contribution in [1.29, 1.82) is 0 Å². The second kappa shape index (κ2) is 7.26. The van der Waals surface area contributed by atoms with Gasteiger partial charge in [-0.25, -0.2) is 0 Å². The number of benzene rings is 1. The summed E-state index contributed by atoms with van der Waals surface area (Å²) in [5.41, 5.74) is 3.99. The van der Waals surface area contributed by atoms with Crippen LogP contribution in [-0.2, 0) is 6.42 Å². The van der Waals surface area contributed by atoms with Gasteiger partial charge < -0.3 is 5.11 Å². The number of allylic oxidation sites excluding steroid dienone is 2. The number of rotatable bonds is 3. The maximum absolute atomic E-state index is 11.3. The third kappa shape index (κ3) is 3.06. The highest BCUT2D eigenvalue weighted by atomic mass is 16.3. The highest BCUT2D eigenvalue weighted by Gasteiger charge is 2.61. The van der Waals surface area contributed by atoms with Crippen LogP contribution in [0.5, 0.6) is 0 Å². The van der Waals surface area contributed by atoms with Gasteiger partial charge in [0.15, 0.2) is 0 Å². The lowest BCUT2D eigenvalue weighted by Crippen LogP contribution is -2.50. The SMILES string of the molecule is CC(Cc1ccccc1)[C@H]1[C@@H](O)C[C@H]2[C@@H]3CC=C4CCCC[C@]4(C)[C@H]3CC[C@@]21C. The Morgan fingerprint density at radius 3 is 2.66 bits per heavy atom. The number of aliphatic hydroxyl groups excluding tert-OH is 1. The van der Waals surface area contributed by atoms with Crippen molar-refractivity contribution in [2.45, 2.75) is 84.7 Å². The average Bonchev–Trinajstić information content (AvgIpc) is 2.98. The van der Waals surface area contributed by atoms with Gasteiger partial charge in [-0.3, -0.25) is 0 Å². The van der Waals surface area contributed by atoms with E-state index >= 15 is 0 Å². The zero-order valence-corrected chi connectivity index (χ0v) is 18.7. The summed E-state index contributed by atoms with van der Waals surface area (Å²) in [6.45, 7) is 7.55. The Morgan fingerprint density at radius 1 is 1.07 bits per heavy atom. The standard InChI is InChI=1S/C28H40O/c1-19(17-20-9-5-4-6-10-20)26-25(29)18-24-22-13-12-21-11-7-8-15-27(21,2)23(22)14-16-28(24,26)3/h4-6,9-10,12,19,22-26,29H,7-8,11,13-18H2,1-3H3/t19?,22-,23+,24+,25+,26+,27+,28+/m1/s1. The third-order valence-corrected chi connectivity index (χ3v) is 10.1. The summed E-state index contributed by atoms with van der Waals surface area (Å²) in [7, 11) is 0. The first kappa shape index (κ1) is 19.9. The van der Waals surface area contributed by atoms with Gasteiger partial charge in [0.25, 0.3) is 0 Å². The molecule has 0 saturated heterocycles. The molecule has 158 valence electrons. The lowest BCUT2D eigenvalue weighted by Gasteiger charge is -2.58. The summed E-state index contributed by atoms with van der Waals surface area (Å²) in [4.78, 5) is 0. The lowest BCUT2D eigenvalue weighted by molar-refractivity contribution is -0.0548. The maximum atomic E-state index is 11.3. The smallest absolute Gasteiger partial charge is 0.0579 e. The monoisotopic (exact) mass is 392 g/mol. The molecule has 5 rings (SSSR count). The normalized spacial score (nSPS) is 45.0. The second-order valence-electron chi connectivity index (χ2n) is 11.5. The summed E-state index contributed by atoms with van der Waals surface area (Å²) in [5.74, 6) is 3.34. The minimum Gasteiger partial charge on any atom is -0.393 e. The maximum Gasteiger partial charge on any atom is 0.0579 e. The molecule has 4 aliphatic rings. The molecule has 0 radical (unpaired) electrons. The van der Waals surface area contributed by atoms with Crippen LogP contribution in [0.15, 0.2) is 42.0 Å². The Labute approximate surface area is 178 Å². The molecule has 3 saturated carbocycles. The first-order valence-electron chi connectivity index (χ1n) is 12.3. The zero-order valence-electron chi connectivity index (χ0n) is 18.7. The van der Waals surface area contributed by atoms with Gasteiger partial charge >= 0.3 is 0 Å². The largest absolute Gasteiger partial charge is 0.393 e. The summed E-state index contributed by atoms with van der Waals surface area (Å²) >= 11 is 0. The van der Waals surface area contributed by atoms with E-state index in [0.717, 1.165) is 24.7 Å². The fourth-order valence-corrected chi connectivity index (χ4v) is 8.89. The van der Waals surface area contributed by atoms with E-state index in [-0.39, 0.29) is 6.10 Å². The first-order chi connectivity index (χ1) is 13.9. The van der Waals surface area contributed by atoms with Crippen molar-refractivity contribution >= 4 is 0 Å². The molecule has 1 nitrogen and oxygen atoms in total. The molecule has 8 atom stereocenters. The molecule has 0 heterocycles. The summed E-state index contributed by atoms with van der Waals surface area (Å²) < 4.78 is 0. The molecule has 0 aliphatic heterocycles. The van der Waals surface area contributed by atoms with Gasteiger partial charge in [0, 0.05) is 0 Å². The molecule has 1 aromatic carbocycles. The predicted molar refractivity (Wildman–Crippen MR) is 121 cm³/mol. The Hall–Kier alpha value is -1.08. The summed E-state index contributed by atoms with van der Waals surface area (Å²) in [6.07, 6.45) is 14.2. The molecule has 0 amide bonds. The van der Waals surface area contributed by atoms with E-state index in [9.17, 15) is 5.11 Å². The quantitative estimate of drug-likeness (QED) is 0.560. The van der Waals surface area contributed by atoms with E-state index in [1.165, 1.54) is 50.5 Å². The van der Waals surface area contributed by atoms with E-state index in [0.29, 0.717) is 28.6 Å². The molecular formula is C28H40O. The van der Waals surface area contributed by atoms with Crippen LogP contribution in [0.4, 0.5) is 0 Å². The number of aliphatic hydroxyl groups is 1. The van der Waals surface area contributed by atoms with Gasteiger partial charge in [-0.1, -0.05) is 69.2 Å². The fraction of sp³-hybridized carbons (Fsp3) is 0.714. The summed E-state index contributed by atoms with van der Waals surface area (Å²) in [5, 5.41) is 11.3. The Bertz CT molecular complexity index is 766. The first-order valence-corrected chi connectivity index (χ1v) is 12.3. The van der Waals surface area contributed by atoms with Gasteiger partial charge in [-0.15, -0.1) is 0 Å². The van der Waals surface area contributed by atoms with Gasteiger partial charge in [-0.2, -0.15) is 0 Å². The van der Waals surface area contributed by atoms with Gasteiger partial charge in [0.1, 0.15) is 0 Å². The van der Waals surface area contributed by atoms with E-state index in [2.05, 4.69) is 57.2 Å². The molecular weight excluding hydrogens is 352 g/mol. The van der Waals surface area contributed by atoms with Crippen molar-refractivity contribution in [3.8, 4) is 0 Å². The number of fused-ring (bicyclic) bond motifs is 5. The Morgan fingerprint density at radius 2 is 1.86 bits per heavy atom. The Balaban J connectivity index is 1.41. The van der Waals surface area contributed by atoms with E-state index < -0.39 is 0 Å². The summed E-state index contributed by atoms with van der Waals surface area (Å²) in [6, 6.07) is 10.9. The van der Waals surface area contributed by atoms with Crippen molar-refractivity contribution < 1.29 is 5.11 Å². The predicted octanol–water partition coefficient (Wildman–Crippen LogP) is 6.81. The molecule has 0 aromatic heterocycles. The van der Waals surface area contributed by atoms with Gasteiger partial charge in [0.05, 0.1) is 6.10 Å². The van der Waals surface area contributed by atoms with E-state index in [1.807, 2.05) is 0 Å². The molecule has 3 fully saturated rings. The molecule has 0 spiro atoms. The third-order valence-electron chi connectivity index (χ3n) is 10.1. The molecule has 29 heavy (non-hydrogen) atoms. The number of hydrogen-bond acceptors (Lipinski definition) is 1. The van der Waals surface area contributed by atoms with Crippen molar-refractivity contribution in [3.05, 3.63) is 47.5 Å². The van der Waals surface area contributed by atoms with Crippen LogP contribution in [-0.4, -0.2) is 11.2 Å². The van der Waals surface area contributed by atoms with Crippen LogP contribution >= 0.6 is 0 Å². The minimum atomic E-state index is -0.119. The van der Waals surface area contributed by atoms with E-state index in [1.54, 1.807) is 5.57 Å². The van der Waals surface area contributed by atoms with Crippen LogP contribution in [0.2, 0.25) is 0 Å². The molecule has 1 heteroatoms. The van der Waals surface area contributed by atoms with Crippen LogP contribution in [0.3, 0.4) is 0 Å². The number of hydrogen-bond donors (Lipinski definition) is 1. The highest BCUT2D eigenvalue weighted by Crippen LogP contribution is 2.67. The van der Waals surface area contributed by atoms with Gasteiger partial charge in [-0.05, 0) is 97.3 Å². The molecule has 0 bridgehead atoms. The van der Waals surface area contributed by atoms with Crippen LogP contribution < -0.4 is 0 Å². The molecule has 1 aromatic rings. The van der Waals surface area contributed by atoms with E-state index in [4.69, 9.17) is 0 Å². The molecule has 1 N–H and O–H groups in total. The van der Waals surface area contributed by atoms with Crippen LogP contribution in [0.25, 0.3) is 0 Å². The fourth-order valence-electron chi connectivity index (χ4n) is 8.89. The second-order valence-corrected chi connectivity index (χ2v) is 11.5. The van der Waals surface area contributed by atoms with Crippen LogP contribution in [0, 0.1) is 40.4 Å². The average molecular weight is 393 g/mol. The molecule has 4 aliphatic carbocycles. The van der Waals surface area contributed by atoms with Crippen molar-refractivity contribution in [1.82, 2.24) is 0 Å². The topological polar surface area (TPSA) is 20.2 Å². The Kier molecular flexibility index (Phi) is 4.97. The van der Waals surface area contributed by atoms with Gasteiger partial charge in [0.2, 0.25) is 0 Å². The highest BCUT2D eigenvalue weighted by molar-refractivity contribution is 5.25. The van der Waals surface area contributed by atoms with Crippen molar-refractivity contribution in [2.75, 3.05) is 0 Å². The van der Waals surface area contributed by atoms with Crippen molar-refractivity contribution in [2.24, 2.45) is 40.4 Å². The molecule has 1 unspecified atom stereocenters.